The zero-order valence-electron chi connectivity index (χ0n) is 8.26. The normalized spacial score (nSPS) is 12.5. The first kappa shape index (κ1) is 11.2. The minimum Gasteiger partial charge on any atom is -0.271 e. The van der Waals surface area contributed by atoms with E-state index in [-0.39, 0.29) is 6.04 Å². The SMILES string of the molecule is C=C(C)C(Cc1cccc(Cl)c1)NN. The fraction of sp³-hybridized carbons (Fsp3) is 0.273. The minimum absolute atomic E-state index is 0.105. The Morgan fingerprint density at radius 1 is 1.64 bits per heavy atom. The summed E-state index contributed by atoms with van der Waals surface area (Å²) in [5.74, 6) is 5.42. The maximum Gasteiger partial charge on any atom is 0.0454 e. The molecular formula is C11H15ClN2. The van der Waals surface area contributed by atoms with Gasteiger partial charge in [0.25, 0.3) is 0 Å². The molecule has 0 aliphatic carbocycles. The molecule has 0 aromatic heterocycles. The Balaban J connectivity index is 2.72. The van der Waals surface area contributed by atoms with E-state index >= 15 is 0 Å². The second-order valence-corrected chi connectivity index (χ2v) is 3.84. The summed E-state index contributed by atoms with van der Waals surface area (Å²) >= 11 is 5.88. The average molecular weight is 211 g/mol. The lowest BCUT2D eigenvalue weighted by atomic mass is 10.0. The number of nitrogens with one attached hydrogen (secondary N) is 1. The first-order chi connectivity index (χ1) is 6.63. The summed E-state index contributed by atoms with van der Waals surface area (Å²) in [5.41, 5.74) is 4.90. The van der Waals surface area contributed by atoms with E-state index in [2.05, 4.69) is 12.0 Å². The number of rotatable bonds is 4. The summed E-state index contributed by atoms with van der Waals surface area (Å²) in [7, 11) is 0. The van der Waals surface area contributed by atoms with Crippen LogP contribution < -0.4 is 11.3 Å². The Labute approximate surface area is 89.7 Å². The Morgan fingerprint density at radius 3 is 2.86 bits per heavy atom. The fourth-order valence-corrected chi connectivity index (χ4v) is 1.49. The number of nitrogens with two attached hydrogens (primary N) is 1. The zero-order valence-corrected chi connectivity index (χ0v) is 9.01. The molecule has 1 aromatic carbocycles. The highest BCUT2D eigenvalue weighted by molar-refractivity contribution is 6.30. The molecule has 14 heavy (non-hydrogen) atoms. The molecule has 3 N–H and O–H groups in total. The zero-order chi connectivity index (χ0) is 10.6. The van der Waals surface area contributed by atoms with Crippen molar-refractivity contribution >= 4 is 11.6 Å². The van der Waals surface area contributed by atoms with Crippen molar-refractivity contribution in [2.24, 2.45) is 5.84 Å². The molecule has 0 radical (unpaired) electrons. The summed E-state index contributed by atoms with van der Waals surface area (Å²) in [4.78, 5) is 0. The van der Waals surface area contributed by atoms with E-state index in [1.807, 2.05) is 31.2 Å². The number of hydrogen-bond acceptors (Lipinski definition) is 2. The Hall–Kier alpha value is -0.830. The molecule has 0 amide bonds. The van der Waals surface area contributed by atoms with Crippen LogP contribution in [0.5, 0.6) is 0 Å². The maximum absolute atomic E-state index is 5.88. The molecular weight excluding hydrogens is 196 g/mol. The lowest BCUT2D eigenvalue weighted by molar-refractivity contribution is 0.591. The Morgan fingerprint density at radius 2 is 2.36 bits per heavy atom. The lowest BCUT2D eigenvalue weighted by Crippen LogP contribution is -2.37. The highest BCUT2D eigenvalue weighted by atomic mass is 35.5. The maximum atomic E-state index is 5.88. The summed E-state index contributed by atoms with van der Waals surface area (Å²) in [5, 5.41) is 0.750. The third-order valence-corrected chi connectivity index (χ3v) is 2.36. The molecule has 1 aromatic rings. The van der Waals surface area contributed by atoms with Crippen LogP contribution in [0.1, 0.15) is 12.5 Å². The van der Waals surface area contributed by atoms with Gasteiger partial charge in [-0.1, -0.05) is 35.9 Å². The van der Waals surface area contributed by atoms with Crippen molar-refractivity contribution in [3.05, 3.63) is 47.0 Å². The van der Waals surface area contributed by atoms with Gasteiger partial charge < -0.3 is 0 Å². The van der Waals surface area contributed by atoms with E-state index in [4.69, 9.17) is 17.4 Å². The van der Waals surface area contributed by atoms with Gasteiger partial charge in [-0.05, 0) is 31.0 Å². The smallest absolute Gasteiger partial charge is 0.0454 e. The molecule has 0 fully saturated rings. The third kappa shape index (κ3) is 3.14. The van der Waals surface area contributed by atoms with Crippen LogP contribution in [-0.2, 0) is 6.42 Å². The third-order valence-electron chi connectivity index (χ3n) is 2.12. The molecule has 0 spiro atoms. The van der Waals surface area contributed by atoms with E-state index in [0.29, 0.717) is 0 Å². The van der Waals surface area contributed by atoms with Crippen LogP contribution in [0.3, 0.4) is 0 Å². The lowest BCUT2D eigenvalue weighted by Gasteiger charge is -2.15. The van der Waals surface area contributed by atoms with Crippen LogP contribution in [0.4, 0.5) is 0 Å². The van der Waals surface area contributed by atoms with Crippen molar-refractivity contribution in [2.45, 2.75) is 19.4 Å². The quantitative estimate of drug-likeness (QED) is 0.455. The van der Waals surface area contributed by atoms with Crippen LogP contribution in [0.25, 0.3) is 0 Å². The van der Waals surface area contributed by atoms with Gasteiger partial charge in [0.05, 0.1) is 0 Å². The van der Waals surface area contributed by atoms with Gasteiger partial charge in [0.2, 0.25) is 0 Å². The van der Waals surface area contributed by atoms with Crippen LogP contribution >= 0.6 is 11.6 Å². The molecule has 1 rings (SSSR count). The number of hydrazine groups is 1. The molecule has 0 aliphatic heterocycles. The first-order valence-corrected chi connectivity index (χ1v) is 4.87. The van der Waals surface area contributed by atoms with E-state index in [0.717, 1.165) is 22.6 Å². The van der Waals surface area contributed by atoms with E-state index in [1.54, 1.807) is 0 Å². The van der Waals surface area contributed by atoms with Crippen LogP contribution in [0, 0.1) is 0 Å². The molecule has 2 nitrogen and oxygen atoms in total. The molecule has 1 unspecified atom stereocenters. The van der Waals surface area contributed by atoms with Crippen molar-refractivity contribution in [3.8, 4) is 0 Å². The molecule has 0 saturated heterocycles. The van der Waals surface area contributed by atoms with Crippen molar-refractivity contribution in [1.29, 1.82) is 0 Å². The van der Waals surface area contributed by atoms with Crippen LogP contribution in [0.2, 0.25) is 5.02 Å². The molecule has 0 aliphatic rings. The summed E-state index contributed by atoms with van der Waals surface area (Å²) in [6.07, 6.45) is 0.812. The number of benzene rings is 1. The molecule has 1 atom stereocenters. The van der Waals surface area contributed by atoms with Crippen molar-refractivity contribution < 1.29 is 0 Å². The first-order valence-electron chi connectivity index (χ1n) is 4.49. The minimum atomic E-state index is 0.105. The van der Waals surface area contributed by atoms with E-state index in [1.165, 1.54) is 0 Å². The number of hydrogen-bond donors (Lipinski definition) is 2. The average Bonchev–Trinajstić information content (AvgIpc) is 2.14. The predicted octanol–water partition coefficient (Wildman–Crippen LogP) is 2.29. The largest absolute Gasteiger partial charge is 0.271 e. The fourth-order valence-electron chi connectivity index (χ4n) is 1.28. The summed E-state index contributed by atoms with van der Waals surface area (Å²) < 4.78 is 0. The van der Waals surface area contributed by atoms with E-state index < -0.39 is 0 Å². The van der Waals surface area contributed by atoms with Gasteiger partial charge in [0, 0.05) is 11.1 Å². The van der Waals surface area contributed by atoms with Gasteiger partial charge in [0.15, 0.2) is 0 Å². The molecule has 3 heteroatoms. The van der Waals surface area contributed by atoms with Gasteiger partial charge in [-0.3, -0.25) is 11.3 Å². The molecule has 0 bridgehead atoms. The standard InChI is InChI=1S/C11H15ClN2/c1-8(2)11(14-13)7-9-4-3-5-10(12)6-9/h3-6,11,14H,1,7,13H2,2H3. The van der Waals surface area contributed by atoms with E-state index in [9.17, 15) is 0 Å². The van der Waals surface area contributed by atoms with Crippen molar-refractivity contribution in [3.63, 3.8) is 0 Å². The molecule has 0 saturated carbocycles. The predicted molar refractivity (Wildman–Crippen MR) is 61.1 cm³/mol. The highest BCUT2D eigenvalue weighted by Crippen LogP contribution is 2.13. The van der Waals surface area contributed by atoms with Crippen molar-refractivity contribution in [1.82, 2.24) is 5.43 Å². The second kappa shape index (κ2) is 5.15. The van der Waals surface area contributed by atoms with Gasteiger partial charge in [0.1, 0.15) is 0 Å². The van der Waals surface area contributed by atoms with Crippen molar-refractivity contribution in [2.75, 3.05) is 0 Å². The monoisotopic (exact) mass is 210 g/mol. The molecule has 0 heterocycles. The Kier molecular flexibility index (Phi) is 4.14. The van der Waals surface area contributed by atoms with Gasteiger partial charge in [-0.25, -0.2) is 0 Å². The van der Waals surface area contributed by atoms with Crippen LogP contribution in [-0.4, -0.2) is 6.04 Å². The van der Waals surface area contributed by atoms with Gasteiger partial charge in [-0.15, -0.1) is 0 Å². The highest BCUT2D eigenvalue weighted by Gasteiger charge is 2.07. The summed E-state index contributed by atoms with van der Waals surface area (Å²) in [6.45, 7) is 5.82. The Bertz CT molecular complexity index is 323. The van der Waals surface area contributed by atoms with Crippen LogP contribution in [0.15, 0.2) is 36.4 Å². The molecule has 76 valence electrons. The topological polar surface area (TPSA) is 38.0 Å². The number of halogens is 1. The van der Waals surface area contributed by atoms with Gasteiger partial charge >= 0.3 is 0 Å². The van der Waals surface area contributed by atoms with Gasteiger partial charge in [-0.2, -0.15) is 0 Å². The summed E-state index contributed by atoms with van der Waals surface area (Å²) in [6, 6.07) is 7.86. The second-order valence-electron chi connectivity index (χ2n) is 3.40.